The summed E-state index contributed by atoms with van der Waals surface area (Å²) < 4.78 is 92.6. The van der Waals surface area contributed by atoms with E-state index in [1.807, 2.05) is 4.90 Å². The first kappa shape index (κ1) is 33.6. The topological polar surface area (TPSA) is 113 Å². The van der Waals surface area contributed by atoms with Crippen LogP contribution in [0.2, 0.25) is 0 Å². The lowest BCUT2D eigenvalue weighted by Crippen LogP contribution is -2.49. The van der Waals surface area contributed by atoms with Gasteiger partial charge in [0.2, 0.25) is 10.0 Å². The second kappa shape index (κ2) is 12.3. The normalized spacial score (nSPS) is 14.1. The summed E-state index contributed by atoms with van der Waals surface area (Å²) in [4.78, 5) is 25.0. The number of fused-ring (bicyclic) bond motifs is 6. The lowest BCUT2D eigenvalue weighted by Gasteiger charge is -2.34. The number of alkyl halides is 1. The molecule has 4 aromatic heterocycles. The van der Waals surface area contributed by atoms with Gasteiger partial charge in [0.1, 0.15) is 46.3 Å². The number of pyridine rings is 1. The third-order valence-electron chi connectivity index (χ3n) is 9.53. The van der Waals surface area contributed by atoms with Crippen molar-refractivity contribution in [3.8, 4) is 22.6 Å². The Bertz CT molecular complexity index is 2710. The van der Waals surface area contributed by atoms with Crippen LogP contribution in [0.15, 0.2) is 71.1 Å². The Kier molecular flexibility index (Phi) is 7.95. The fraction of sp³-hybridized carbons (Fsp3) is 0.216. The maximum absolute atomic E-state index is 15.4. The third-order valence-corrected chi connectivity index (χ3v) is 10.7. The molecule has 5 heterocycles. The molecule has 1 aliphatic rings. The van der Waals surface area contributed by atoms with Crippen molar-refractivity contribution in [3.05, 3.63) is 95.6 Å². The third kappa shape index (κ3) is 5.51. The van der Waals surface area contributed by atoms with Crippen LogP contribution in [-0.2, 0) is 16.4 Å². The number of anilines is 1. The van der Waals surface area contributed by atoms with Crippen LogP contribution < -0.4 is 9.62 Å². The van der Waals surface area contributed by atoms with Crippen molar-refractivity contribution in [2.45, 2.75) is 12.6 Å². The maximum atomic E-state index is 15.4. The zero-order chi connectivity index (χ0) is 36.6. The van der Waals surface area contributed by atoms with Crippen molar-refractivity contribution in [1.82, 2.24) is 24.6 Å². The van der Waals surface area contributed by atoms with E-state index in [1.54, 1.807) is 18.2 Å². The summed E-state index contributed by atoms with van der Waals surface area (Å²) in [5, 5.41) is 2.97. The number of likely N-dealkylation sites (tertiary alicyclic amines) is 1. The van der Waals surface area contributed by atoms with E-state index >= 15 is 8.78 Å². The van der Waals surface area contributed by atoms with Crippen molar-refractivity contribution >= 4 is 60.0 Å². The van der Waals surface area contributed by atoms with Gasteiger partial charge in [-0.05, 0) is 60.7 Å². The standard InChI is InChI=1S/C37H30F4N6O4S/c1-42-37(48)33-24-14-23(29(45(2)52(3,49)50)16-31(24)51-36(33)19-4-6-20(38)7-5-19)27-10-11-28-34(44-27)30-15-22-25(40)8-9-26(41)35(22)47(30)32(43-28)12-13-46-17-21(39)18-46/h4-11,14-16,21H,12-13,17-18H2,1-3H3,(H,42,48). The van der Waals surface area contributed by atoms with E-state index in [2.05, 4.69) is 5.32 Å². The van der Waals surface area contributed by atoms with Gasteiger partial charge in [0, 0.05) is 68.1 Å². The van der Waals surface area contributed by atoms with Crippen LogP contribution in [0.25, 0.3) is 61.0 Å². The van der Waals surface area contributed by atoms with Gasteiger partial charge in [-0.15, -0.1) is 0 Å². The largest absolute Gasteiger partial charge is 0.455 e. The number of rotatable bonds is 8. The minimum absolute atomic E-state index is 0.0144. The molecule has 1 saturated heterocycles. The first-order valence-electron chi connectivity index (χ1n) is 16.3. The van der Waals surface area contributed by atoms with Gasteiger partial charge in [-0.25, -0.2) is 35.9 Å². The fourth-order valence-corrected chi connectivity index (χ4v) is 7.31. The molecule has 1 aliphatic heterocycles. The molecule has 0 aliphatic carbocycles. The summed E-state index contributed by atoms with van der Waals surface area (Å²) in [6.45, 7) is 1.03. The van der Waals surface area contributed by atoms with Crippen LogP contribution in [0.4, 0.5) is 23.2 Å². The average Bonchev–Trinajstić information content (AvgIpc) is 3.70. The summed E-state index contributed by atoms with van der Waals surface area (Å²) in [7, 11) is -1.03. The lowest BCUT2D eigenvalue weighted by atomic mass is 10.0. The van der Waals surface area contributed by atoms with Gasteiger partial charge in [-0.2, -0.15) is 0 Å². The number of carbonyl (C=O) groups excluding carboxylic acids is 1. The number of hydrogen-bond acceptors (Lipinski definition) is 7. The summed E-state index contributed by atoms with van der Waals surface area (Å²) in [5.41, 5.74) is 2.52. The Labute approximate surface area is 294 Å². The van der Waals surface area contributed by atoms with Gasteiger partial charge in [0.15, 0.2) is 0 Å². The molecular weight excluding hydrogens is 701 g/mol. The molecule has 266 valence electrons. The molecule has 7 aromatic rings. The van der Waals surface area contributed by atoms with E-state index in [1.165, 1.54) is 54.9 Å². The molecule has 15 heteroatoms. The fourth-order valence-electron chi connectivity index (χ4n) is 6.80. The Morgan fingerprint density at radius 1 is 0.981 bits per heavy atom. The van der Waals surface area contributed by atoms with E-state index in [0.29, 0.717) is 46.3 Å². The van der Waals surface area contributed by atoms with E-state index in [0.717, 1.165) is 22.7 Å². The van der Waals surface area contributed by atoms with Crippen LogP contribution in [0.1, 0.15) is 16.2 Å². The zero-order valence-corrected chi connectivity index (χ0v) is 28.9. The molecule has 0 bridgehead atoms. The number of sulfonamides is 1. The molecule has 52 heavy (non-hydrogen) atoms. The maximum Gasteiger partial charge on any atom is 0.255 e. The minimum Gasteiger partial charge on any atom is -0.455 e. The van der Waals surface area contributed by atoms with E-state index in [4.69, 9.17) is 14.4 Å². The first-order valence-corrected chi connectivity index (χ1v) is 18.1. The lowest BCUT2D eigenvalue weighted by molar-refractivity contribution is 0.0665. The monoisotopic (exact) mass is 730 g/mol. The predicted octanol–water partition coefficient (Wildman–Crippen LogP) is 6.48. The highest BCUT2D eigenvalue weighted by Gasteiger charge is 2.28. The van der Waals surface area contributed by atoms with E-state index in [9.17, 15) is 22.0 Å². The molecule has 10 nitrogen and oxygen atoms in total. The molecule has 0 spiro atoms. The quantitative estimate of drug-likeness (QED) is 0.178. The SMILES string of the molecule is CNC(=O)c1c(-c2ccc(F)cc2)oc2cc(N(C)S(C)(=O)=O)c(-c3ccc4nc(CCN5CC(F)C5)n5c(cc6c(F)ccc(F)c65)c4n3)cc12. The number of hydrogen-bond donors (Lipinski definition) is 1. The number of halogens is 4. The Morgan fingerprint density at radius 3 is 2.40 bits per heavy atom. The molecule has 0 unspecified atom stereocenters. The first-order chi connectivity index (χ1) is 24.8. The highest BCUT2D eigenvalue weighted by atomic mass is 32.2. The van der Waals surface area contributed by atoms with Crippen LogP contribution in [0.5, 0.6) is 0 Å². The van der Waals surface area contributed by atoms with Crippen molar-refractivity contribution in [2.75, 3.05) is 44.3 Å². The van der Waals surface area contributed by atoms with E-state index < -0.39 is 39.6 Å². The molecule has 1 fully saturated rings. The Morgan fingerprint density at radius 2 is 1.71 bits per heavy atom. The van der Waals surface area contributed by atoms with Crippen LogP contribution in [0, 0.1) is 17.5 Å². The van der Waals surface area contributed by atoms with Crippen molar-refractivity contribution < 1.29 is 35.2 Å². The van der Waals surface area contributed by atoms with Crippen molar-refractivity contribution in [3.63, 3.8) is 0 Å². The zero-order valence-electron chi connectivity index (χ0n) is 28.0. The smallest absolute Gasteiger partial charge is 0.255 e. The summed E-state index contributed by atoms with van der Waals surface area (Å²) in [6.07, 6.45) is 0.454. The molecule has 8 rings (SSSR count). The molecule has 1 amide bonds. The van der Waals surface area contributed by atoms with Gasteiger partial charge in [-0.1, -0.05) is 0 Å². The minimum atomic E-state index is -3.84. The van der Waals surface area contributed by atoms with Crippen molar-refractivity contribution in [1.29, 1.82) is 0 Å². The number of nitrogens with one attached hydrogen (secondary N) is 1. The molecule has 3 aromatic carbocycles. The second-order valence-corrected chi connectivity index (χ2v) is 14.9. The van der Waals surface area contributed by atoms with Gasteiger partial charge in [0.25, 0.3) is 5.91 Å². The van der Waals surface area contributed by atoms with Crippen LogP contribution >= 0.6 is 0 Å². The van der Waals surface area contributed by atoms with Crippen LogP contribution in [0.3, 0.4) is 0 Å². The van der Waals surface area contributed by atoms with Crippen molar-refractivity contribution in [2.24, 2.45) is 0 Å². The number of amides is 1. The highest BCUT2D eigenvalue weighted by molar-refractivity contribution is 7.92. The molecule has 1 N–H and O–H groups in total. The number of benzene rings is 3. The summed E-state index contributed by atoms with van der Waals surface area (Å²) >= 11 is 0. The van der Waals surface area contributed by atoms with Gasteiger partial charge >= 0.3 is 0 Å². The van der Waals surface area contributed by atoms with Gasteiger partial charge in [0.05, 0.1) is 39.8 Å². The van der Waals surface area contributed by atoms with Gasteiger partial charge in [-0.3, -0.25) is 18.4 Å². The number of nitrogens with zero attached hydrogens (tertiary/aromatic N) is 5. The van der Waals surface area contributed by atoms with E-state index in [-0.39, 0.29) is 57.8 Å². The number of carbonyl (C=O) groups is 1. The Balaban J connectivity index is 1.39. The highest BCUT2D eigenvalue weighted by Crippen LogP contribution is 2.42. The van der Waals surface area contributed by atoms with Gasteiger partial charge < -0.3 is 9.73 Å². The molecular formula is C37H30F4N6O4S. The number of furan rings is 1. The molecule has 0 radical (unpaired) electrons. The average molecular weight is 731 g/mol. The Hall–Kier alpha value is -5.54. The summed E-state index contributed by atoms with van der Waals surface area (Å²) in [5.74, 6) is -1.70. The number of aromatic nitrogens is 3. The predicted molar refractivity (Wildman–Crippen MR) is 190 cm³/mol. The second-order valence-electron chi connectivity index (χ2n) is 12.8. The summed E-state index contributed by atoms with van der Waals surface area (Å²) in [6, 6.07) is 15.4. The molecule has 0 saturated carbocycles. The molecule has 0 atom stereocenters. The van der Waals surface area contributed by atoms with Crippen LogP contribution in [-0.4, -0.2) is 79.8 Å².